The Morgan fingerprint density at radius 2 is 1.75 bits per heavy atom. The van der Waals surface area contributed by atoms with Crippen molar-refractivity contribution >= 4 is 0 Å². The first-order valence-electron chi connectivity index (χ1n) is 9.48. The Hall–Kier alpha value is -1.57. The highest BCUT2D eigenvalue weighted by Gasteiger charge is 1.96. The summed E-state index contributed by atoms with van der Waals surface area (Å²) in [5.74, 6) is 0. The van der Waals surface area contributed by atoms with Gasteiger partial charge in [0.2, 0.25) is 0 Å². The van der Waals surface area contributed by atoms with Gasteiger partial charge < -0.3 is 4.52 Å². The Kier molecular flexibility index (Phi) is 24.4. The molecule has 0 radical (unpaired) electrons. The normalized spacial score (nSPS) is 10.4. The van der Waals surface area contributed by atoms with E-state index in [0.29, 0.717) is 0 Å². The summed E-state index contributed by atoms with van der Waals surface area (Å²) < 4.78 is 4.56. The van der Waals surface area contributed by atoms with Crippen molar-refractivity contribution in [1.29, 1.82) is 0 Å². The highest BCUT2D eigenvalue weighted by Crippen LogP contribution is 2.16. The van der Waals surface area contributed by atoms with E-state index >= 15 is 0 Å². The van der Waals surface area contributed by atoms with Gasteiger partial charge in [-0.2, -0.15) is 0 Å². The van der Waals surface area contributed by atoms with Crippen LogP contribution in [0.2, 0.25) is 0 Å². The summed E-state index contributed by atoms with van der Waals surface area (Å²) >= 11 is 0. The minimum atomic E-state index is 1.00. The molecule has 0 N–H and O–H groups in total. The molecule has 0 spiro atoms. The lowest BCUT2D eigenvalue weighted by Gasteiger charge is -2.05. The van der Waals surface area contributed by atoms with Crippen LogP contribution in [0.5, 0.6) is 0 Å². The lowest BCUT2D eigenvalue weighted by atomic mass is 10.0. The molecule has 2 nitrogen and oxygen atoms in total. The van der Waals surface area contributed by atoms with E-state index in [2.05, 4.69) is 63.0 Å². The quantitative estimate of drug-likeness (QED) is 0.493. The van der Waals surface area contributed by atoms with Crippen molar-refractivity contribution in [2.75, 3.05) is 0 Å². The maximum Gasteiger partial charge on any atom is 0.126 e. The zero-order valence-electron chi connectivity index (χ0n) is 17.7. The smallest absolute Gasteiger partial charge is 0.126 e. The van der Waals surface area contributed by atoms with E-state index in [1.54, 1.807) is 12.5 Å². The van der Waals surface area contributed by atoms with E-state index in [9.17, 15) is 0 Å². The average molecular weight is 336 g/mol. The van der Waals surface area contributed by atoms with E-state index in [1.807, 2.05) is 27.7 Å². The third-order valence-electron chi connectivity index (χ3n) is 3.18. The minimum Gasteiger partial charge on any atom is -0.364 e. The predicted molar refractivity (Wildman–Crippen MR) is 110 cm³/mol. The molecular formula is C22H41NO. The van der Waals surface area contributed by atoms with E-state index in [4.69, 9.17) is 0 Å². The number of allylic oxidation sites excluding steroid dienone is 5. The summed E-state index contributed by atoms with van der Waals surface area (Å²) in [5.41, 5.74) is 5.15. The van der Waals surface area contributed by atoms with Gasteiger partial charge in [0, 0.05) is 5.56 Å². The second-order valence-corrected chi connectivity index (χ2v) is 4.78. The van der Waals surface area contributed by atoms with Crippen LogP contribution in [-0.4, -0.2) is 5.16 Å². The average Bonchev–Trinajstić information content (AvgIpc) is 3.17. The predicted octanol–water partition coefficient (Wildman–Crippen LogP) is 7.93. The molecule has 0 saturated heterocycles. The second-order valence-electron chi connectivity index (χ2n) is 4.78. The Bertz CT molecular complexity index is 425. The fraction of sp³-hybridized carbons (Fsp3) is 0.591. The van der Waals surface area contributed by atoms with Crippen molar-refractivity contribution in [3.63, 3.8) is 0 Å². The lowest BCUT2D eigenvalue weighted by molar-refractivity contribution is 0.419. The zero-order valence-corrected chi connectivity index (χ0v) is 17.7. The maximum absolute atomic E-state index is 4.56. The number of hydrogen-bond donors (Lipinski definition) is 0. The molecule has 1 aromatic rings. The molecule has 0 amide bonds. The molecule has 24 heavy (non-hydrogen) atoms. The highest BCUT2D eigenvalue weighted by atomic mass is 16.5. The third-order valence-corrected chi connectivity index (χ3v) is 3.18. The van der Waals surface area contributed by atoms with E-state index < -0.39 is 0 Å². The first-order chi connectivity index (χ1) is 11.6. The number of hydrogen-bond acceptors (Lipinski definition) is 2. The molecule has 1 aromatic heterocycles. The monoisotopic (exact) mass is 335 g/mol. The fourth-order valence-electron chi connectivity index (χ4n) is 1.67. The molecule has 2 heteroatoms. The van der Waals surface area contributed by atoms with Crippen molar-refractivity contribution in [2.45, 2.75) is 88.0 Å². The summed E-state index contributed by atoms with van der Waals surface area (Å²) in [6, 6.07) is 0. The molecule has 1 heterocycles. The van der Waals surface area contributed by atoms with Crippen molar-refractivity contribution in [3.8, 4) is 0 Å². The van der Waals surface area contributed by atoms with Crippen molar-refractivity contribution in [3.05, 3.63) is 53.5 Å². The molecule has 0 aliphatic carbocycles. The van der Waals surface area contributed by atoms with Gasteiger partial charge in [0.05, 0.1) is 6.20 Å². The van der Waals surface area contributed by atoms with Gasteiger partial charge in [0.1, 0.15) is 6.26 Å². The standard InChI is InChI=1S/C13H22.C5H7NO.2C2H6/c1-6-9-11(4)12(5)10-13(7-2)8-3;1-2-5-3-6-7-4-5;2*1-2/h7,10H,4,6,8-9H2,1-3,5H3;3-4H,2H2,1H3;2*1-2H3/b12-10-,13-7-;;;. The van der Waals surface area contributed by atoms with E-state index in [-0.39, 0.29) is 0 Å². The Labute approximate surface area is 151 Å². The van der Waals surface area contributed by atoms with Crippen molar-refractivity contribution in [1.82, 2.24) is 5.16 Å². The largest absolute Gasteiger partial charge is 0.364 e. The molecule has 0 aliphatic rings. The molecule has 0 bridgehead atoms. The molecule has 0 saturated carbocycles. The number of rotatable bonds is 6. The van der Waals surface area contributed by atoms with Gasteiger partial charge in [-0.05, 0) is 38.7 Å². The molecule has 1 rings (SSSR count). The van der Waals surface area contributed by atoms with Crippen molar-refractivity contribution < 1.29 is 4.52 Å². The molecular weight excluding hydrogens is 294 g/mol. The summed E-state index contributed by atoms with van der Waals surface area (Å²) in [6.45, 7) is 22.7. The zero-order chi connectivity index (χ0) is 19.4. The first kappa shape index (κ1) is 27.3. The maximum atomic E-state index is 4.56. The second kappa shape index (κ2) is 21.4. The van der Waals surface area contributed by atoms with Crippen molar-refractivity contribution in [2.24, 2.45) is 0 Å². The van der Waals surface area contributed by atoms with Gasteiger partial charge in [0.15, 0.2) is 0 Å². The van der Waals surface area contributed by atoms with Gasteiger partial charge in [-0.15, -0.1) is 0 Å². The van der Waals surface area contributed by atoms with Crippen LogP contribution in [0.15, 0.2) is 52.4 Å². The lowest BCUT2D eigenvalue weighted by Crippen LogP contribution is -1.85. The molecule has 0 unspecified atom stereocenters. The molecule has 0 fully saturated rings. The van der Waals surface area contributed by atoms with Gasteiger partial charge in [-0.1, -0.05) is 89.9 Å². The molecule has 0 atom stereocenters. The number of aromatic nitrogens is 1. The van der Waals surface area contributed by atoms with Crippen LogP contribution in [-0.2, 0) is 6.42 Å². The van der Waals surface area contributed by atoms with Crippen LogP contribution >= 0.6 is 0 Å². The fourth-order valence-corrected chi connectivity index (χ4v) is 1.67. The van der Waals surface area contributed by atoms with Gasteiger partial charge in [-0.25, -0.2) is 0 Å². The Balaban J connectivity index is -0.000000335. The van der Waals surface area contributed by atoms with Gasteiger partial charge in [-0.3, -0.25) is 0 Å². The van der Waals surface area contributed by atoms with E-state index in [0.717, 1.165) is 24.8 Å². The Morgan fingerprint density at radius 1 is 1.17 bits per heavy atom. The molecule has 140 valence electrons. The topological polar surface area (TPSA) is 26.0 Å². The number of nitrogens with zero attached hydrogens (tertiary/aromatic N) is 1. The SMILES string of the molecule is C=C(CCC)/C(C)=C\C(=C/C)CC.CC.CC.CCc1cnoc1. The van der Waals surface area contributed by atoms with Gasteiger partial charge >= 0.3 is 0 Å². The van der Waals surface area contributed by atoms with Crippen LogP contribution in [0.3, 0.4) is 0 Å². The molecule has 0 aromatic carbocycles. The first-order valence-corrected chi connectivity index (χ1v) is 9.48. The summed E-state index contributed by atoms with van der Waals surface area (Å²) in [5, 5.41) is 3.52. The third kappa shape index (κ3) is 15.3. The van der Waals surface area contributed by atoms with Crippen LogP contribution in [0, 0.1) is 0 Å². The van der Waals surface area contributed by atoms with Crippen LogP contribution < -0.4 is 0 Å². The molecule has 0 aliphatic heterocycles. The Morgan fingerprint density at radius 3 is 2.04 bits per heavy atom. The van der Waals surface area contributed by atoms with Crippen LogP contribution in [0.1, 0.15) is 87.1 Å². The van der Waals surface area contributed by atoms with Crippen LogP contribution in [0.4, 0.5) is 0 Å². The highest BCUT2D eigenvalue weighted by molar-refractivity contribution is 5.33. The van der Waals surface area contributed by atoms with Crippen LogP contribution in [0.25, 0.3) is 0 Å². The van der Waals surface area contributed by atoms with E-state index in [1.165, 1.54) is 23.1 Å². The number of aryl methyl sites for hydroxylation is 1. The summed E-state index contributed by atoms with van der Waals surface area (Å²) in [6.07, 6.45) is 12.2. The summed E-state index contributed by atoms with van der Waals surface area (Å²) in [4.78, 5) is 0. The summed E-state index contributed by atoms with van der Waals surface area (Å²) in [7, 11) is 0. The minimum absolute atomic E-state index is 1.00. The van der Waals surface area contributed by atoms with Gasteiger partial charge in [0.25, 0.3) is 0 Å².